The van der Waals surface area contributed by atoms with E-state index in [-0.39, 0.29) is 13.2 Å². The van der Waals surface area contributed by atoms with Crippen LogP contribution in [0.25, 0.3) is 0 Å². The smallest absolute Gasteiger partial charge is 0.320 e. The molecule has 2 heterocycles. The molecule has 0 aromatic carbocycles. The molecule has 0 aliphatic carbocycles. The summed E-state index contributed by atoms with van der Waals surface area (Å²) in [4.78, 5) is 17.4. The van der Waals surface area contributed by atoms with Crippen LogP contribution in [0.1, 0.15) is 5.69 Å². The van der Waals surface area contributed by atoms with Crippen molar-refractivity contribution in [3.63, 3.8) is 0 Å². The molecule has 0 amide bonds. The monoisotopic (exact) mass is 168 g/mol. The number of aliphatic carboxylic acids is 1. The number of aromatic nitrogens is 2. The molecule has 0 bridgehead atoms. The Kier molecular flexibility index (Phi) is 1.41. The summed E-state index contributed by atoms with van der Waals surface area (Å²) in [5, 5.41) is 8.93. The van der Waals surface area contributed by atoms with E-state index in [4.69, 9.17) is 9.84 Å². The number of carboxylic acid groups (broad SMARTS) is 1. The van der Waals surface area contributed by atoms with Crippen LogP contribution in [-0.4, -0.2) is 34.3 Å². The van der Waals surface area contributed by atoms with Crippen molar-refractivity contribution >= 4 is 5.97 Å². The van der Waals surface area contributed by atoms with E-state index in [1.54, 1.807) is 0 Å². The molecule has 2 rings (SSSR count). The zero-order chi connectivity index (χ0) is 8.60. The number of nitrogens with one attached hydrogen (secondary N) is 1. The van der Waals surface area contributed by atoms with Crippen molar-refractivity contribution in [1.82, 2.24) is 9.97 Å². The molecule has 0 spiro atoms. The number of aromatic amines is 1. The largest absolute Gasteiger partial charge is 0.480 e. The number of hydrogen-bond acceptors (Lipinski definition) is 3. The van der Waals surface area contributed by atoms with Gasteiger partial charge in [-0.3, -0.25) is 4.79 Å². The van der Waals surface area contributed by atoms with Crippen LogP contribution in [0.5, 0.6) is 0 Å². The molecule has 64 valence electrons. The molecule has 0 saturated carbocycles. The lowest BCUT2D eigenvalue weighted by Gasteiger charge is -2.36. The van der Waals surface area contributed by atoms with E-state index >= 15 is 0 Å². The quantitative estimate of drug-likeness (QED) is 0.639. The summed E-state index contributed by atoms with van der Waals surface area (Å²) in [6.45, 7) is 0.453. The van der Waals surface area contributed by atoms with E-state index in [0.29, 0.717) is 5.69 Å². The van der Waals surface area contributed by atoms with E-state index < -0.39 is 11.4 Å². The Morgan fingerprint density at radius 1 is 1.75 bits per heavy atom. The Bertz CT molecular complexity index is 290. The summed E-state index contributed by atoms with van der Waals surface area (Å²) in [6, 6.07) is 0. The molecule has 5 nitrogen and oxygen atoms in total. The number of rotatable bonds is 2. The first-order valence-corrected chi connectivity index (χ1v) is 3.56. The van der Waals surface area contributed by atoms with Crippen LogP contribution in [0.15, 0.2) is 12.5 Å². The molecule has 12 heavy (non-hydrogen) atoms. The summed E-state index contributed by atoms with van der Waals surface area (Å²) in [7, 11) is 0. The summed E-state index contributed by atoms with van der Waals surface area (Å²) in [6.07, 6.45) is 3.00. The van der Waals surface area contributed by atoms with Gasteiger partial charge in [0, 0.05) is 6.20 Å². The Morgan fingerprint density at radius 2 is 2.50 bits per heavy atom. The first kappa shape index (κ1) is 7.30. The molecule has 1 fully saturated rings. The molecule has 5 heteroatoms. The van der Waals surface area contributed by atoms with Crippen LogP contribution in [0, 0.1) is 0 Å². The lowest BCUT2D eigenvalue weighted by Crippen LogP contribution is -2.53. The normalized spacial score (nSPS) is 20.0. The number of nitrogens with zero attached hydrogens (tertiary/aromatic N) is 1. The average molecular weight is 168 g/mol. The van der Waals surface area contributed by atoms with E-state index in [0.717, 1.165) is 0 Å². The minimum absolute atomic E-state index is 0.227. The van der Waals surface area contributed by atoms with Gasteiger partial charge in [-0.2, -0.15) is 0 Å². The number of carbonyl (C=O) groups is 1. The van der Waals surface area contributed by atoms with Crippen LogP contribution in [0.2, 0.25) is 0 Å². The molecule has 1 aromatic rings. The molecule has 1 aliphatic rings. The Morgan fingerprint density at radius 3 is 2.83 bits per heavy atom. The second kappa shape index (κ2) is 2.31. The predicted molar refractivity (Wildman–Crippen MR) is 38.7 cm³/mol. The standard InChI is InChI=1S/C7H8N2O3/c10-6(11)7(2-12-3-7)5-1-8-4-9-5/h1,4H,2-3H2,(H,8,9)(H,10,11). The predicted octanol–water partition coefficient (Wildman–Crippen LogP) is -0.238. The van der Waals surface area contributed by atoms with Crippen LogP contribution in [0.3, 0.4) is 0 Å². The summed E-state index contributed by atoms with van der Waals surface area (Å²) < 4.78 is 4.89. The molecular formula is C7H8N2O3. The van der Waals surface area contributed by atoms with Gasteiger partial charge in [-0.1, -0.05) is 0 Å². The van der Waals surface area contributed by atoms with Crippen molar-refractivity contribution in [2.24, 2.45) is 0 Å². The summed E-state index contributed by atoms with van der Waals surface area (Å²) in [5.41, 5.74) is -0.266. The highest BCUT2D eigenvalue weighted by Crippen LogP contribution is 2.30. The van der Waals surface area contributed by atoms with Gasteiger partial charge in [-0.05, 0) is 0 Å². The lowest BCUT2D eigenvalue weighted by molar-refractivity contribution is -0.163. The first-order chi connectivity index (χ1) is 5.76. The highest BCUT2D eigenvalue weighted by Gasteiger charge is 2.49. The third-order valence-corrected chi connectivity index (χ3v) is 2.12. The topological polar surface area (TPSA) is 75.2 Å². The van der Waals surface area contributed by atoms with Crippen LogP contribution in [-0.2, 0) is 14.9 Å². The van der Waals surface area contributed by atoms with Crippen molar-refractivity contribution in [1.29, 1.82) is 0 Å². The Balaban J connectivity index is 2.35. The van der Waals surface area contributed by atoms with Gasteiger partial charge < -0.3 is 14.8 Å². The van der Waals surface area contributed by atoms with Crippen molar-refractivity contribution in [2.75, 3.05) is 13.2 Å². The highest BCUT2D eigenvalue weighted by atomic mass is 16.5. The van der Waals surface area contributed by atoms with Gasteiger partial charge in [0.05, 0.1) is 25.2 Å². The Hall–Kier alpha value is -1.36. The molecule has 0 atom stereocenters. The van der Waals surface area contributed by atoms with Crippen molar-refractivity contribution < 1.29 is 14.6 Å². The van der Waals surface area contributed by atoms with Gasteiger partial charge in [-0.15, -0.1) is 0 Å². The maximum Gasteiger partial charge on any atom is 0.320 e. The van der Waals surface area contributed by atoms with Crippen LogP contribution >= 0.6 is 0 Å². The third-order valence-electron chi connectivity index (χ3n) is 2.12. The fraction of sp³-hybridized carbons (Fsp3) is 0.429. The van der Waals surface area contributed by atoms with Gasteiger partial charge in [0.2, 0.25) is 0 Å². The van der Waals surface area contributed by atoms with Crippen molar-refractivity contribution in [2.45, 2.75) is 5.41 Å². The zero-order valence-electron chi connectivity index (χ0n) is 6.28. The number of imidazole rings is 1. The van der Waals surface area contributed by atoms with E-state index in [2.05, 4.69) is 9.97 Å². The van der Waals surface area contributed by atoms with Gasteiger partial charge in [0.15, 0.2) is 5.41 Å². The molecule has 0 unspecified atom stereocenters. The first-order valence-electron chi connectivity index (χ1n) is 3.56. The van der Waals surface area contributed by atoms with E-state index in [1.807, 2.05) is 0 Å². The molecule has 1 aromatic heterocycles. The number of H-pyrrole nitrogens is 1. The number of carboxylic acids is 1. The maximum atomic E-state index is 10.9. The average Bonchev–Trinajstić information content (AvgIpc) is 2.35. The highest BCUT2D eigenvalue weighted by molar-refractivity contribution is 5.82. The van der Waals surface area contributed by atoms with E-state index in [1.165, 1.54) is 12.5 Å². The molecule has 2 N–H and O–H groups in total. The number of hydrogen-bond donors (Lipinski definition) is 2. The summed E-state index contributed by atoms with van der Waals surface area (Å²) in [5.74, 6) is -0.863. The molecule has 1 aliphatic heterocycles. The third kappa shape index (κ3) is 0.767. The van der Waals surface area contributed by atoms with Crippen molar-refractivity contribution in [3.05, 3.63) is 18.2 Å². The second-order valence-electron chi connectivity index (χ2n) is 2.85. The van der Waals surface area contributed by atoms with E-state index in [9.17, 15) is 4.79 Å². The fourth-order valence-electron chi connectivity index (χ4n) is 1.22. The van der Waals surface area contributed by atoms with Gasteiger partial charge in [-0.25, -0.2) is 4.98 Å². The van der Waals surface area contributed by atoms with Gasteiger partial charge in [0.1, 0.15) is 0 Å². The molecular weight excluding hydrogens is 160 g/mol. The molecule has 1 saturated heterocycles. The van der Waals surface area contributed by atoms with Crippen LogP contribution < -0.4 is 0 Å². The van der Waals surface area contributed by atoms with Crippen molar-refractivity contribution in [3.8, 4) is 0 Å². The van der Waals surface area contributed by atoms with Gasteiger partial charge in [0.25, 0.3) is 0 Å². The number of ether oxygens (including phenoxy) is 1. The van der Waals surface area contributed by atoms with Gasteiger partial charge >= 0.3 is 5.97 Å². The minimum atomic E-state index is -0.878. The fourth-order valence-corrected chi connectivity index (χ4v) is 1.22. The maximum absolute atomic E-state index is 10.9. The molecule has 0 radical (unpaired) electrons. The Labute approximate surface area is 68.4 Å². The van der Waals surface area contributed by atoms with Crippen LogP contribution in [0.4, 0.5) is 0 Å². The summed E-state index contributed by atoms with van der Waals surface area (Å²) >= 11 is 0. The lowest BCUT2D eigenvalue weighted by atomic mass is 9.83. The zero-order valence-corrected chi connectivity index (χ0v) is 6.28. The minimum Gasteiger partial charge on any atom is -0.480 e. The SMILES string of the molecule is O=C(O)C1(c2cnc[nH]2)COC1. The second-order valence-corrected chi connectivity index (χ2v) is 2.85.